The van der Waals surface area contributed by atoms with Crippen LogP contribution in [-0.2, 0) is 0 Å². The molecule has 0 heterocycles. The van der Waals surface area contributed by atoms with Crippen LogP contribution in [0, 0.1) is 0 Å². The van der Waals surface area contributed by atoms with Crippen molar-refractivity contribution in [2.45, 2.75) is 0 Å². The van der Waals surface area contributed by atoms with Gasteiger partial charge in [0.2, 0.25) is 0 Å². The number of benzene rings is 4. The van der Waals surface area contributed by atoms with Crippen molar-refractivity contribution in [2.24, 2.45) is 5.10 Å². The molecule has 0 unspecified atom stereocenters. The normalized spacial score (nSPS) is 10.9. The first-order valence-corrected chi connectivity index (χ1v) is 9.87. The first kappa shape index (κ1) is 20.3. The second-order valence-corrected chi connectivity index (χ2v) is 7.10. The third-order valence-corrected chi connectivity index (χ3v) is 4.82. The van der Waals surface area contributed by atoms with E-state index in [1.807, 2.05) is 36.4 Å². The Hall–Kier alpha value is -3.96. The average molecular weight is 429 g/mol. The monoisotopic (exact) mass is 428 g/mol. The number of nitrogens with zero attached hydrogens (tertiary/aromatic N) is 1. The molecular formula is C25H17ClN2O3. The van der Waals surface area contributed by atoms with Gasteiger partial charge in [0.25, 0.3) is 5.91 Å². The molecule has 0 fully saturated rings. The Morgan fingerprint density at radius 2 is 1.58 bits per heavy atom. The minimum absolute atomic E-state index is 0.341. The summed E-state index contributed by atoms with van der Waals surface area (Å²) in [4.78, 5) is 24.9. The van der Waals surface area contributed by atoms with Crippen LogP contribution in [0.4, 0.5) is 0 Å². The Morgan fingerprint density at radius 3 is 2.39 bits per heavy atom. The average Bonchev–Trinajstić information content (AvgIpc) is 2.80. The molecule has 1 amide bonds. The van der Waals surface area contributed by atoms with E-state index < -0.39 is 11.9 Å². The van der Waals surface area contributed by atoms with E-state index in [2.05, 4.69) is 10.5 Å². The van der Waals surface area contributed by atoms with Crippen LogP contribution in [0.3, 0.4) is 0 Å². The largest absolute Gasteiger partial charge is 0.422 e. The van der Waals surface area contributed by atoms with Gasteiger partial charge < -0.3 is 4.74 Å². The highest BCUT2D eigenvalue weighted by Gasteiger charge is 2.13. The number of carbonyl (C=O) groups excluding carboxylic acids is 2. The van der Waals surface area contributed by atoms with Crippen LogP contribution >= 0.6 is 11.6 Å². The Labute approximate surface area is 183 Å². The zero-order valence-electron chi connectivity index (χ0n) is 16.3. The van der Waals surface area contributed by atoms with Crippen molar-refractivity contribution in [3.63, 3.8) is 0 Å². The van der Waals surface area contributed by atoms with Crippen LogP contribution in [0.1, 0.15) is 26.3 Å². The van der Waals surface area contributed by atoms with E-state index in [1.54, 1.807) is 54.6 Å². The number of halogens is 1. The molecule has 31 heavy (non-hydrogen) atoms. The summed E-state index contributed by atoms with van der Waals surface area (Å²) >= 11 is 5.94. The highest BCUT2D eigenvalue weighted by molar-refractivity contribution is 6.31. The third kappa shape index (κ3) is 4.79. The molecule has 1 N–H and O–H groups in total. The predicted octanol–water partition coefficient (Wildman–Crippen LogP) is 5.48. The first-order chi connectivity index (χ1) is 15.1. The van der Waals surface area contributed by atoms with Crippen molar-refractivity contribution >= 4 is 40.5 Å². The van der Waals surface area contributed by atoms with Crippen LogP contribution in [0.25, 0.3) is 10.8 Å². The summed E-state index contributed by atoms with van der Waals surface area (Å²) in [7, 11) is 0. The lowest BCUT2D eigenvalue weighted by Gasteiger charge is -2.10. The molecule has 4 rings (SSSR count). The van der Waals surface area contributed by atoms with Gasteiger partial charge in [0.1, 0.15) is 5.75 Å². The zero-order valence-corrected chi connectivity index (χ0v) is 17.0. The summed E-state index contributed by atoms with van der Waals surface area (Å²) in [5.74, 6) is -0.538. The Morgan fingerprint density at radius 1 is 0.839 bits per heavy atom. The number of carbonyl (C=O) groups is 2. The zero-order chi connectivity index (χ0) is 21.6. The number of rotatable bonds is 5. The number of hydrogen-bond acceptors (Lipinski definition) is 4. The molecule has 0 aromatic heterocycles. The summed E-state index contributed by atoms with van der Waals surface area (Å²) < 4.78 is 5.64. The molecule has 0 bridgehead atoms. The van der Waals surface area contributed by atoms with Gasteiger partial charge in [-0.3, -0.25) is 4.79 Å². The van der Waals surface area contributed by atoms with Crippen LogP contribution in [0.15, 0.2) is 96.1 Å². The van der Waals surface area contributed by atoms with Crippen molar-refractivity contribution in [1.29, 1.82) is 0 Å². The summed E-state index contributed by atoms with van der Waals surface area (Å²) in [6, 6.07) is 26.5. The summed E-state index contributed by atoms with van der Waals surface area (Å²) in [6.07, 6.45) is 1.47. The fraction of sp³-hybridized carbons (Fsp3) is 0. The molecule has 152 valence electrons. The van der Waals surface area contributed by atoms with Crippen LogP contribution in [0.2, 0.25) is 5.02 Å². The molecule has 0 atom stereocenters. The maximum absolute atomic E-state index is 12.6. The maximum Gasteiger partial charge on any atom is 0.343 e. The van der Waals surface area contributed by atoms with E-state index in [9.17, 15) is 9.59 Å². The number of fused-ring (bicyclic) bond motifs is 1. The van der Waals surface area contributed by atoms with Crippen molar-refractivity contribution < 1.29 is 14.3 Å². The highest BCUT2D eigenvalue weighted by Crippen LogP contribution is 2.27. The molecule has 5 nitrogen and oxygen atoms in total. The van der Waals surface area contributed by atoms with Gasteiger partial charge in [0.05, 0.1) is 11.8 Å². The van der Waals surface area contributed by atoms with Crippen molar-refractivity contribution in [3.8, 4) is 5.75 Å². The molecule has 4 aromatic rings. The lowest BCUT2D eigenvalue weighted by Crippen LogP contribution is -2.17. The summed E-state index contributed by atoms with van der Waals surface area (Å²) in [5, 5.41) is 6.32. The van der Waals surface area contributed by atoms with Gasteiger partial charge in [0, 0.05) is 16.1 Å². The SMILES string of the molecule is O=C(N/N=C/c1c(OC(=O)c2ccccc2)ccc2ccccc12)c1cccc(Cl)c1. The Kier molecular flexibility index (Phi) is 6.05. The second-order valence-electron chi connectivity index (χ2n) is 6.66. The number of amides is 1. The Balaban J connectivity index is 1.63. The van der Waals surface area contributed by atoms with E-state index >= 15 is 0 Å². The second kappa shape index (κ2) is 9.24. The molecule has 6 heteroatoms. The fourth-order valence-electron chi connectivity index (χ4n) is 3.08. The molecule has 0 radical (unpaired) electrons. The van der Waals surface area contributed by atoms with E-state index in [0.717, 1.165) is 10.8 Å². The van der Waals surface area contributed by atoms with E-state index in [1.165, 1.54) is 6.21 Å². The summed E-state index contributed by atoms with van der Waals surface area (Å²) in [5.41, 5.74) is 3.89. The lowest BCUT2D eigenvalue weighted by atomic mass is 10.0. The molecule has 0 aliphatic rings. The third-order valence-electron chi connectivity index (χ3n) is 4.59. The minimum atomic E-state index is -0.478. The van der Waals surface area contributed by atoms with Gasteiger partial charge >= 0.3 is 5.97 Å². The van der Waals surface area contributed by atoms with E-state index in [-0.39, 0.29) is 0 Å². The van der Waals surface area contributed by atoms with Gasteiger partial charge in [-0.2, -0.15) is 5.10 Å². The molecular weight excluding hydrogens is 412 g/mol. The molecule has 0 saturated heterocycles. The minimum Gasteiger partial charge on any atom is -0.422 e. The van der Waals surface area contributed by atoms with Crippen LogP contribution < -0.4 is 10.2 Å². The van der Waals surface area contributed by atoms with Crippen molar-refractivity contribution in [2.75, 3.05) is 0 Å². The van der Waals surface area contributed by atoms with E-state index in [0.29, 0.717) is 27.5 Å². The van der Waals surface area contributed by atoms with Crippen molar-refractivity contribution in [1.82, 2.24) is 5.43 Å². The molecule has 4 aromatic carbocycles. The van der Waals surface area contributed by atoms with E-state index in [4.69, 9.17) is 16.3 Å². The highest BCUT2D eigenvalue weighted by atomic mass is 35.5. The molecule has 0 aliphatic heterocycles. The quantitative estimate of drug-likeness (QED) is 0.198. The molecule has 0 spiro atoms. The van der Waals surface area contributed by atoms with Crippen LogP contribution in [-0.4, -0.2) is 18.1 Å². The number of esters is 1. The number of ether oxygens (including phenoxy) is 1. The number of hydrazone groups is 1. The smallest absolute Gasteiger partial charge is 0.343 e. The maximum atomic E-state index is 12.6. The molecule has 0 saturated carbocycles. The first-order valence-electron chi connectivity index (χ1n) is 9.50. The van der Waals surface area contributed by atoms with Gasteiger partial charge in [-0.1, -0.05) is 66.2 Å². The summed E-state index contributed by atoms with van der Waals surface area (Å²) in [6.45, 7) is 0. The predicted molar refractivity (Wildman–Crippen MR) is 122 cm³/mol. The van der Waals surface area contributed by atoms with Gasteiger partial charge in [0.15, 0.2) is 0 Å². The number of nitrogens with one attached hydrogen (secondary N) is 1. The molecule has 0 aliphatic carbocycles. The van der Waals surface area contributed by atoms with Crippen molar-refractivity contribution in [3.05, 3.63) is 113 Å². The number of hydrogen-bond donors (Lipinski definition) is 1. The standard InChI is InChI=1S/C25H17ClN2O3/c26-20-11-6-10-19(15-20)24(29)28-27-16-22-21-12-5-4-7-17(21)13-14-23(22)31-25(30)18-8-2-1-3-9-18/h1-16H,(H,28,29)/b27-16+. The van der Waals surface area contributed by atoms with Gasteiger partial charge in [-0.25, -0.2) is 10.2 Å². The Bertz CT molecular complexity index is 1290. The van der Waals surface area contributed by atoms with Crippen LogP contribution in [0.5, 0.6) is 5.75 Å². The van der Waals surface area contributed by atoms with Gasteiger partial charge in [-0.15, -0.1) is 0 Å². The topological polar surface area (TPSA) is 67.8 Å². The fourth-order valence-corrected chi connectivity index (χ4v) is 3.27. The lowest BCUT2D eigenvalue weighted by molar-refractivity contribution is 0.0734. The van der Waals surface area contributed by atoms with Gasteiger partial charge in [-0.05, 0) is 47.2 Å².